The van der Waals surface area contributed by atoms with Gasteiger partial charge in [0.1, 0.15) is 5.75 Å². The topological polar surface area (TPSA) is 21.3 Å². The molecule has 1 aliphatic carbocycles. The summed E-state index contributed by atoms with van der Waals surface area (Å²) in [4.78, 5) is 0. The van der Waals surface area contributed by atoms with Crippen molar-refractivity contribution in [1.29, 1.82) is 0 Å². The van der Waals surface area contributed by atoms with Gasteiger partial charge in [0, 0.05) is 17.5 Å². The van der Waals surface area contributed by atoms with E-state index in [1.165, 1.54) is 36.8 Å². The normalized spacial score (nSPS) is 17.7. The summed E-state index contributed by atoms with van der Waals surface area (Å²) in [5.41, 5.74) is 2.93. The van der Waals surface area contributed by atoms with Gasteiger partial charge in [-0.1, -0.05) is 25.4 Å². The summed E-state index contributed by atoms with van der Waals surface area (Å²) in [6, 6.07) is 4.95. The Kier molecular flexibility index (Phi) is 4.46. The molecule has 3 heteroatoms. The van der Waals surface area contributed by atoms with E-state index in [0.717, 1.165) is 42.8 Å². The number of hydrogen-bond acceptors (Lipinski definition) is 2. The molecule has 1 N–H and O–H groups in total. The Bertz CT molecular complexity index is 508. The van der Waals surface area contributed by atoms with Gasteiger partial charge >= 0.3 is 0 Å². The molecular weight excluding hydrogens is 282 g/mol. The molecule has 0 bridgehead atoms. The van der Waals surface area contributed by atoms with E-state index in [9.17, 15) is 0 Å². The minimum Gasteiger partial charge on any atom is -0.493 e. The lowest BCUT2D eigenvalue weighted by Gasteiger charge is -2.25. The highest BCUT2D eigenvalue weighted by Crippen LogP contribution is 2.36. The smallest absolute Gasteiger partial charge is 0.125 e. The summed E-state index contributed by atoms with van der Waals surface area (Å²) in [6.07, 6.45) is 7.19. The van der Waals surface area contributed by atoms with Crippen molar-refractivity contribution in [1.82, 2.24) is 5.32 Å². The van der Waals surface area contributed by atoms with E-state index in [-0.39, 0.29) is 0 Å². The molecule has 1 saturated carbocycles. The minimum atomic E-state index is 0.357. The number of aryl methyl sites for hydroxylation is 1. The van der Waals surface area contributed by atoms with Gasteiger partial charge in [0.15, 0.2) is 0 Å². The van der Waals surface area contributed by atoms with Crippen LogP contribution in [0.5, 0.6) is 5.75 Å². The maximum absolute atomic E-state index is 6.24. The molecule has 2 aliphatic rings. The van der Waals surface area contributed by atoms with Crippen LogP contribution in [0.4, 0.5) is 0 Å². The SMILES string of the molecule is CC(C)(CCNC1CC1)CCc1cc(Cl)cc2c1OCC2. The third-order valence-corrected chi connectivity index (χ3v) is 4.93. The second kappa shape index (κ2) is 6.18. The van der Waals surface area contributed by atoms with Gasteiger partial charge in [-0.15, -0.1) is 0 Å². The lowest BCUT2D eigenvalue weighted by Crippen LogP contribution is -2.24. The van der Waals surface area contributed by atoms with E-state index < -0.39 is 0 Å². The third kappa shape index (κ3) is 4.14. The summed E-state index contributed by atoms with van der Waals surface area (Å²) in [5, 5.41) is 4.47. The molecule has 0 saturated heterocycles. The average Bonchev–Trinajstić information content (AvgIpc) is 3.12. The fourth-order valence-corrected chi connectivity index (χ4v) is 3.30. The van der Waals surface area contributed by atoms with E-state index >= 15 is 0 Å². The first-order chi connectivity index (χ1) is 10.0. The van der Waals surface area contributed by atoms with Gasteiger partial charge in [0.05, 0.1) is 6.61 Å². The number of rotatable bonds is 7. The average molecular weight is 308 g/mol. The summed E-state index contributed by atoms with van der Waals surface area (Å²) < 4.78 is 5.80. The molecule has 3 rings (SSSR count). The van der Waals surface area contributed by atoms with Gasteiger partial charge in [-0.25, -0.2) is 0 Å². The van der Waals surface area contributed by atoms with E-state index in [2.05, 4.69) is 31.3 Å². The zero-order valence-electron chi connectivity index (χ0n) is 13.2. The molecule has 0 radical (unpaired) electrons. The molecule has 1 aromatic rings. The summed E-state index contributed by atoms with van der Waals surface area (Å²) in [5.74, 6) is 1.10. The molecular formula is C18H26ClNO. The molecule has 0 aromatic heterocycles. The van der Waals surface area contributed by atoms with Crippen LogP contribution in [-0.2, 0) is 12.8 Å². The second-order valence-electron chi connectivity index (χ2n) is 7.29. The van der Waals surface area contributed by atoms with Crippen LogP contribution in [0.2, 0.25) is 5.02 Å². The van der Waals surface area contributed by atoms with Crippen molar-refractivity contribution in [2.75, 3.05) is 13.2 Å². The maximum atomic E-state index is 6.24. The Balaban J connectivity index is 1.56. The lowest BCUT2D eigenvalue weighted by atomic mass is 9.83. The standard InChI is InChI=1S/C18H26ClNO/c1-18(2,8-9-20-16-3-4-16)7-5-13-11-15(19)12-14-6-10-21-17(13)14/h11-12,16,20H,3-10H2,1-2H3. The van der Waals surface area contributed by atoms with Gasteiger partial charge < -0.3 is 10.1 Å². The predicted octanol–water partition coefficient (Wildman–Crippen LogP) is 4.38. The summed E-state index contributed by atoms with van der Waals surface area (Å²) in [6.45, 7) is 6.68. The predicted molar refractivity (Wildman–Crippen MR) is 88.4 cm³/mol. The molecule has 116 valence electrons. The van der Waals surface area contributed by atoms with E-state index in [1.54, 1.807) is 0 Å². The highest BCUT2D eigenvalue weighted by Gasteiger charge is 2.24. The van der Waals surface area contributed by atoms with Crippen molar-refractivity contribution in [3.8, 4) is 5.75 Å². The fourth-order valence-electron chi connectivity index (χ4n) is 3.03. The molecule has 0 spiro atoms. The second-order valence-corrected chi connectivity index (χ2v) is 7.73. The van der Waals surface area contributed by atoms with Gasteiger partial charge in [-0.05, 0) is 67.3 Å². The first kappa shape index (κ1) is 15.2. The van der Waals surface area contributed by atoms with Crippen LogP contribution in [0.15, 0.2) is 12.1 Å². The number of nitrogens with one attached hydrogen (secondary N) is 1. The van der Waals surface area contributed by atoms with Crippen molar-refractivity contribution in [2.24, 2.45) is 5.41 Å². The molecule has 1 aliphatic heterocycles. The first-order valence-electron chi connectivity index (χ1n) is 8.21. The van der Waals surface area contributed by atoms with E-state index in [1.807, 2.05) is 0 Å². The van der Waals surface area contributed by atoms with Gasteiger partial charge in [0.2, 0.25) is 0 Å². The Morgan fingerprint density at radius 3 is 2.86 bits per heavy atom. The lowest BCUT2D eigenvalue weighted by molar-refractivity contribution is 0.298. The monoisotopic (exact) mass is 307 g/mol. The van der Waals surface area contributed by atoms with Crippen molar-refractivity contribution in [3.63, 3.8) is 0 Å². The molecule has 1 fully saturated rings. The van der Waals surface area contributed by atoms with Crippen LogP contribution < -0.4 is 10.1 Å². The Hall–Kier alpha value is -0.730. The first-order valence-corrected chi connectivity index (χ1v) is 8.59. The molecule has 1 aromatic carbocycles. The maximum Gasteiger partial charge on any atom is 0.125 e. The Morgan fingerprint density at radius 2 is 2.10 bits per heavy atom. The van der Waals surface area contributed by atoms with Gasteiger partial charge in [-0.2, -0.15) is 0 Å². The highest BCUT2D eigenvalue weighted by molar-refractivity contribution is 6.30. The van der Waals surface area contributed by atoms with E-state index in [0.29, 0.717) is 5.41 Å². The number of halogens is 1. The molecule has 21 heavy (non-hydrogen) atoms. The largest absolute Gasteiger partial charge is 0.493 e. The van der Waals surface area contributed by atoms with E-state index in [4.69, 9.17) is 16.3 Å². The van der Waals surface area contributed by atoms with Crippen LogP contribution in [0, 0.1) is 5.41 Å². The molecule has 1 heterocycles. The Morgan fingerprint density at radius 1 is 1.29 bits per heavy atom. The zero-order chi connectivity index (χ0) is 14.9. The third-order valence-electron chi connectivity index (χ3n) is 4.71. The molecule has 0 atom stereocenters. The zero-order valence-corrected chi connectivity index (χ0v) is 13.9. The van der Waals surface area contributed by atoms with Crippen molar-refractivity contribution < 1.29 is 4.74 Å². The van der Waals surface area contributed by atoms with Crippen LogP contribution >= 0.6 is 11.6 Å². The Labute approximate surface area is 133 Å². The summed E-state index contributed by atoms with van der Waals surface area (Å²) >= 11 is 6.24. The number of ether oxygens (including phenoxy) is 1. The molecule has 2 nitrogen and oxygen atoms in total. The fraction of sp³-hybridized carbons (Fsp3) is 0.667. The van der Waals surface area contributed by atoms with Crippen molar-refractivity contribution in [3.05, 3.63) is 28.3 Å². The quantitative estimate of drug-likeness (QED) is 0.807. The number of benzene rings is 1. The van der Waals surface area contributed by atoms with Crippen LogP contribution in [0.1, 0.15) is 50.7 Å². The highest BCUT2D eigenvalue weighted by atomic mass is 35.5. The van der Waals surface area contributed by atoms with Gasteiger partial charge in [0.25, 0.3) is 0 Å². The molecule has 0 amide bonds. The van der Waals surface area contributed by atoms with Crippen molar-refractivity contribution in [2.45, 2.75) is 58.4 Å². The minimum absolute atomic E-state index is 0.357. The van der Waals surface area contributed by atoms with Crippen LogP contribution in [0.25, 0.3) is 0 Å². The molecule has 0 unspecified atom stereocenters. The van der Waals surface area contributed by atoms with Gasteiger partial charge in [-0.3, -0.25) is 0 Å². The van der Waals surface area contributed by atoms with Crippen LogP contribution in [-0.4, -0.2) is 19.2 Å². The number of hydrogen-bond donors (Lipinski definition) is 1. The van der Waals surface area contributed by atoms with Crippen LogP contribution in [0.3, 0.4) is 0 Å². The van der Waals surface area contributed by atoms with Crippen molar-refractivity contribution >= 4 is 11.6 Å². The number of fused-ring (bicyclic) bond motifs is 1. The summed E-state index contributed by atoms with van der Waals surface area (Å²) in [7, 11) is 0.